The molecule has 2 rings (SSSR count). The molecule has 16 heavy (non-hydrogen) atoms. The fraction of sp³-hybridized carbons (Fsp3) is 0.0909. The molecule has 2 aromatic rings. The second kappa shape index (κ2) is 3.97. The van der Waals surface area contributed by atoms with Crippen LogP contribution in [0.5, 0.6) is 0 Å². The summed E-state index contributed by atoms with van der Waals surface area (Å²) < 4.78 is 43.6. The molecule has 0 aliphatic carbocycles. The van der Waals surface area contributed by atoms with Crippen molar-refractivity contribution in [3.8, 4) is 11.3 Å². The zero-order chi connectivity index (χ0) is 11.8. The van der Waals surface area contributed by atoms with Crippen LogP contribution in [0.1, 0.15) is 5.56 Å². The van der Waals surface area contributed by atoms with E-state index in [1.807, 2.05) is 0 Å². The number of rotatable bonds is 1. The van der Waals surface area contributed by atoms with Gasteiger partial charge < -0.3 is 4.42 Å². The number of furan rings is 1. The average molecular weight is 291 g/mol. The molecule has 1 aromatic heterocycles. The van der Waals surface area contributed by atoms with Gasteiger partial charge in [-0.3, -0.25) is 0 Å². The topological polar surface area (TPSA) is 13.1 Å². The third-order valence-corrected chi connectivity index (χ3v) is 2.50. The van der Waals surface area contributed by atoms with Crippen LogP contribution in [-0.2, 0) is 6.18 Å². The Morgan fingerprint density at radius 2 is 1.69 bits per heavy atom. The van der Waals surface area contributed by atoms with Crippen LogP contribution in [0.15, 0.2) is 45.5 Å². The van der Waals surface area contributed by atoms with E-state index in [2.05, 4.69) is 15.9 Å². The van der Waals surface area contributed by atoms with Gasteiger partial charge in [0.05, 0.1) is 5.56 Å². The zero-order valence-electron chi connectivity index (χ0n) is 7.88. The fourth-order valence-corrected chi connectivity index (χ4v) is 1.71. The lowest BCUT2D eigenvalue weighted by Gasteiger charge is -2.10. The van der Waals surface area contributed by atoms with Crippen molar-refractivity contribution in [2.75, 3.05) is 0 Å². The molecule has 84 valence electrons. The van der Waals surface area contributed by atoms with Gasteiger partial charge in [-0.1, -0.05) is 18.2 Å². The summed E-state index contributed by atoms with van der Waals surface area (Å²) >= 11 is 3.06. The molecule has 0 radical (unpaired) electrons. The molecule has 0 aliphatic heterocycles. The minimum absolute atomic E-state index is 0.0423. The van der Waals surface area contributed by atoms with Crippen LogP contribution >= 0.6 is 15.9 Å². The fourth-order valence-electron chi connectivity index (χ4n) is 1.40. The van der Waals surface area contributed by atoms with Crippen LogP contribution in [0.25, 0.3) is 11.3 Å². The normalized spacial score (nSPS) is 11.8. The highest BCUT2D eigenvalue weighted by Crippen LogP contribution is 2.37. The first-order valence-corrected chi connectivity index (χ1v) is 5.20. The van der Waals surface area contributed by atoms with E-state index < -0.39 is 11.7 Å². The number of halogens is 4. The molecule has 1 aromatic carbocycles. The van der Waals surface area contributed by atoms with E-state index in [-0.39, 0.29) is 11.3 Å². The van der Waals surface area contributed by atoms with Gasteiger partial charge >= 0.3 is 6.18 Å². The molecule has 0 amide bonds. The van der Waals surface area contributed by atoms with E-state index in [1.54, 1.807) is 12.1 Å². The van der Waals surface area contributed by atoms with Gasteiger partial charge in [0.15, 0.2) is 4.67 Å². The summed E-state index contributed by atoms with van der Waals surface area (Å²) in [7, 11) is 0. The van der Waals surface area contributed by atoms with Gasteiger partial charge in [0, 0.05) is 5.56 Å². The molecule has 5 heteroatoms. The van der Waals surface area contributed by atoms with Crippen molar-refractivity contribution in [2.24, 2.45) is 0 Å². The SMILES string of the molecule is FC(F)(F)c1ccccc1-c1ccc(Br)o1. The predicted octanol–water partition coefficient (Wildman–Crippen LogP) is 4.73. The first-order chi connectivity index (χ1) is 7.48. The highest BCUT2D eigenvalue weighted by atomic mass is 79.9. The summed E-state index contributed by atoms with van der Waals surface area (Å²) in [5.41, 5.74) is -0.655. The van der Waals surface area contributed by atoms with Crippen molar-refractivity contribution >= 4 is 15.9 Å². The van der Waals surface area contributed by atoms with Crippen LogP contribution in [0, 0.1) is 0 Å². The standard InChI is InChI=1S/C11H6BrF3O/c12-10-6-5-9(16-10)7-3-1-2-4-8(7)11(13,14)15/h1-6H. The molecule has 0 spiro atoms. The Morgan fingerprint density at radius 1 is 1.00 bits per heavy atom. The van der Waals surface area contributed by atoms with Crippen molar-refractivity contribution in [1.82, 2.24) is 0 Å². The van der Waals surface area contributed by atoms with Crippen LogP contribution in [0.2, 0.25) is 0 Å². The quantitative estimate of drug-likeness (QED) is 0.740. The molecule has 0 atom stereocenters. The van der Waals surface area contributed by atoms with E-state index >= 15 is 0 Å². The van der Waals surface area contributed by atoms with Gasteiger partial charge in [0.1, 0.15) is 5.76 Å². The number of hydrogen-bond donors (Lipinski definition) is 0. The molecular weight excluding hydrogens is 285 g/mol. The van der Waals surface area contributed by atoms with E-state index in [9.17, 15) is 13.2 Å². The molecule has 0 aliphatic rings. The van der Waals surface area contributed by atoms with E-state index in [0.29, 0.717) is 4.67 Å². The van der Waals surface area contributed by atoms with E-state index in [4.69, 9.17) is 4.42 Å². The minimum atomic E-state index is -4.38. The smallest absolute Gasteiger partial charge is 0.417 e. The molecule has 1 nitrogen and oxygen atoms in total. The van der Waals surface area contributed by atoms with Crippen molar-refractivity contribution in [3.63, 3.8) is 0 Å². The summed E-state index contributed by atoms with van der Waals surface area (Å²) in [6.07, 6.45) is -4.38. The lowest BCUT2D eigenvalue weighted by molar-refractivity contribution is -0.137. The summed E-state index contributed by atoms with van der Waals surface area (Å²) in [5.74, 6) is 0.194. The third kappa shape index (κ3) is 2.14. The van der Waals surface area contributed by atoms with Gasteiger partial charge in [-0.2, -0.15) is 13.2 Å². The zero-order valence-corrected chi connectivity index (χ0v) is 9.47. The molecule has 0 saturated carbocycles. The number of benzene rings is 1. The van der Waals surface area contributed by atoms with Gasteiger partial charge in [0.2, 0.25) is 0 Å². The molecule has 0 unspecified atom stereocenters. The van der Waals surface area contributed by atoms with Gasteiger partial charge in [-0.05, 0) is 34.1 Å². The Bertz CT molecular complexity index is 502. The monoisotopic (exact) mass is 290 g/mol. The maximum absolute atomic E-state index is 12.7. The predicted molar refractivity (Wildman–Crippen MR) is 56.8 cm³/mol. The highest BCUT2D eigenvalue weighted by molar-refractivity contribution is 9.10. The van der Waals surface area contributed by atoms with E-state index in [0.717, 1.165) is 6.07 Å². The van der Waals surface area contributed by atoms with Crippen LogP contribution in [0.3, 0.4) is 0 Å². The Kier molecular flexibility index (Phi) is 2.80. The van der Waals surface area contributed by atoms with Gasteiger partial charge in [-0.15, -0.1) is 0 Å². The lowest BCUT2D eigenvalue weighted by Crippen LogP contribution is -2.06. The third-order valence-electron chi connectivity index (χ3n) is 2.07. The van der Waals surface area contributed by atoms with Crippen molar-refractivity contribution in [3.05, 3.63) is 46.6 Å². The van der Waals surface area contributed by atoms with Gasteiger partial charge in [-0.25, -0.2) is 0 Å². The Morgan fingerprint density at radius 3 is 2.25 bits per heavy atom. The number of alkyl halides is 3. The highest BCUT2D eigenvalue weighted by Gasteiger charge is 2.33. The Labute approximate surface area is 98.0 Å². The second-order valence-electron chi connectivity index (χ2n) is 3.15. The first kappa shape index (κ1) is 11.3. The Balaban J connectivity index is 2.57. The summed E-state index contributed by atoms with van der Waals surface area (Å²) in [4.78, 5) is 0. The molecule has 0 fully saturated rings. The van der Waals surface area contributed by atoms with Crippen molar-refractivity contribution in [1.29, 1.82) is 0 Å². The molecule has 0 saturated heterocycles. The van der Waals surface area contributed by atoms with E-state index in [1.165, 1.54) is 18.2 Å². The van der Waals surface area contributed by atoms with Crippen LogP contribution < -0.4 is 0 Å². The first-order valence-electron chi connectivity index (χ1n) is 4.40. The minimum Gasteiger partial charge on any atom is -0.449 e. The lowest BCUT2D eigenvalue weighted by atomic mass is 10.1. The average Bonchev–Trinajstić information content (AvgIpc) is 2.64. The van der Waals surface area contributed by atoms with Gasteiger partial charge in [0.25, 0.3) is 0 Å². The van der Waals surface area contributed by atoms with Crippen molar-refractivity contribution in [2.45, 2.75) is 6.18 Å². The maximum atomic E-state index is 12.7. The van der Waals surface area contributed by atoms with Crippen LogP contribution in [0.4, 0.5) is 13.2 Å². The Hall–Kier alpha value is -1.23. The summed E-state index contributed by atoms with van der Waals surface area (Å²) in [5, 5.41) is 0. The second-order valence-corrected chi connectivity index (χ2v) is 3.93. The summed E-state index contributed by atoms with van der Waals surface area (Å²) in [6, 6.07) is 8.36. The molecule has 0 bridgehead atoms. The maximum Gasteiger partial charge on any atom is 0.417 e. The summed E-state index contributed by atoms with van der Waals surface area (Å²) in [6.45, 7) is 0. The largest absolute Gasteiger partial charge is 0.449 e. The molecule has 1 heterocycles. The molecular formula is C11H6BrF3O. The van der Waals surface area contributed by atoms with Crippen molar-refractivity contribution < 1.29 is 17.6 Å². The molecule has 0 N–H and O–H groups in total. The van der Waals surface area contributed by atoms with Crippen LogP contribution in [-0.4, -0.2) is 0 Å². The number of hydrogen-bond acceptors (Lipinski definition) is 1.